The Morgan fingerprint density at radius 2 is 2.18 bits per heavy atom. The molecule has 1 N–H and O–H groups in total. The molecule has 3 atom stereocenters. The van der Waals surface area contributed by atoms with E-state index in [2.05, 4.69) is 47.8 Å². The number of nitrogens with zero attached hydrogens (tertiary/aromatic N) is 3. The second-order valence-corrected chi connectivity index (χ2v) is 7.58. The van der Waals surface area contributed by atoms with Crippen molar-refractivity contribution in [2.45, 2.75) is 38.1 Å². The number of aliphatic imine (C=N–C) groups is 1. The van der Waals surface area contributed by atoms with E-state index in [1.807, 2.05) is 30.1 Å². The molecule has 0 unspecified atom stereocenters. The fourth-order valence-electron chi connectivity index (χ4n) is 3.51. The van der Waals surface area contributed by atoms with Crippen molar-refractivity contribution in [1.82, 2.24) is 14.9 Å². The highest BCUT2D eigenvalue weighted by Crippen LogP contribution is 2.48. The fourth-order valence-corrected chi connectivity index (χ4v) is 4.60. The number of fused-ring (bicyclic) bond motifs is 1. The molecule has 4 nitrogen and oxygen atoms in total. The molecule has 0 amide bonds. The minimum absolute atomic E-state index is 0.0881. The maximum atomic E-state index is 5.01. The van der Waals surface area contributed by atoms with Crippen LogP contribution in [0.15, 0.2) is 35.5 Å². The number of nitrogens with one attached hydrogen (secondary N) is 1. The van der Waals surface area contributed by atoms with Crippen molar-refractivity contribution in [2.24, 2.45) is 4.99 Å². The molecule has 2 aliphatic rings. The standard InChI is InChI=1S/C17H20N4S/c1-10-8-13(12(3)19-10)16-15(14-6-4-5-7-18-14)20-17-21(16)9-11(2)22-17/h4-8,11,15-16,19H,9H2,1-3H3/t11-,15+,16-/m0/s1. The number of H-pyrrole nitrogens is 1. The lowest BCUT2D eigenvalue weighted by Gasteiger charge is -2.27. The summed E-state index contributed by atoms with van der Waals surface area (Å²) in [5.41, 5.74) is 4.85. The molecular weight excluding hydrogens is 292 g/mol. The molecule has 1 fully saturated rings. The summed E-state index contributed by atoms with van der Waals surface area (Å²) in [6, 6.07) is 8.71. The van der Waals surface area contributed by atoms with Gasteiger partial charge in [-0.1, -0.05) is 24.8 Å². The van der Waals surface area contributed by atoms with Gasteiger partial charge < -0.3 is 9.88 Å². The van der Waals surface area contributed by atoms with Gasteiger partial charge in [0.15, 0.2) is 5.17 Å². The van der Waals surface area contributed by atoms with Crippen molar-refractivity contribution in [1.29, 1.82) is 0 Å². The predicted molar refractivity (Wildman–Crippen MR) is 91.2 cm³/mol. The maximum Gasteiger partial charge on any atom is 0.160 e. The van der Waals surface area contributed by atoms with E-state index in [0.717, 1.165) is 12.2 Å². The Bertz CT molecular complexity index is 722. The molecule has 1 saturated heterocycles. The normalized spacial score (nSPS) is 27.1. The molecule has 114 valence electrons. The number of rotatable bonds is 2. The summed E-state index contributed by atoms with van der Waals surface area (Å²) >= 11 is 1.88. The molecule has 4 rings (SSSR count). The fraction of sp³-hybridized carbons (Fsp3) is 0.412. The van der Waals surface area contributed by atoms with Gasteiger partial charge in [-0.2, -0.15) is 0 Å². The molecule has 4 heterocycles. The Hall–Kier alpha value is -1.75. The summed E-state index contributed by atoms with van der Waals surface area (Å²) in [7, 11) is 0. The second-order valence-electron chi connectivity index (χ2n) is 6.17. The van der Waals surface area contributed by atoms with E-state index >= 15 is 0 Å². The molecule has 0 saturated carbocycles. The van der Waals surface area contributed by atoms with Crippen molar-refractivity contribution in [3.05, 3.63) is 53.1 Å². The molecule has 2 aliphatic heterocycles. The lowest BCUT2D eigenvalue weighted by atomic mass is 9.96. The van der Waals surface area contributed by atoms with Gasteiger partial charge in [-0.15, -0.1) is 0 Å². The number of amidine groups is 1. The van der Waals surface area contributed by atoms with Crippen LogP contribution in [0.1, 0.15) is 41.7 Å². The third-order valence-corrected chi connectivity index (χ3v) is 5.49. The minimum Gasteiger partial charge on any atom is -0.362 e. The average Bonchev–Trinajstić information content (AvgIpc) is 3.11. The number of aryl methyl sites for hydroxylation is 2. The van der Waals surface area contributed by atoms with Crippen molar-refractivity contribution >= 4 is 16.9 Å². The van der Waals surface area contributed by atoms with Crippen LogP contribution >= 0.6 is 11.8 Å². The van der Waals surface area contributed by atoms with E-state index in [-0.39, 0.29) is 12.1 Å². The largest absolute Gasteiger partial charge is 0.362 e. The van der Waals surface area contributed by atoms with Gasteiger partial charge >= 0.3 is 0 Å². The van der Waals surface area contributed by atoms with Crippen LogP contribution in [0.5, 0.6) is 0 Å². The SMILES string of the molecule is Cc1cc([C@H]2[C@@H](c3ccccn3)N=C3S[C@@H](C)CN32)c(C)[nH]1. The van der Waals surface area contributed by atoms with Crippen LogP contribution in [0.4, 0.5) is 0 Å². The van der Waals surface area contributed by atoms with E-state index in [0.29, 0.717) is 5.25 Å². The molecule has 0 radical (unpaired) electrons. The Balaban J connectivity index is 1.80. The zero-order chi connectivity index (χ0) is 15.3. The van der Waals surface area contributed by atoms with Gasteiger partial charge in [0.2, 0.25) is 0 Å². The van der Waals surface area contributed by atoms with Gasteiger partial charge in [-0.05, 0) is 37.6 Å². The summed E-state index contributed by atoms with van der Waals surface area (Å²) in [6.07, 6.45) is 1.86. The van der Waals surface area contributed by atoms with Crippen molar-refractivity contribution < 1.29 is 0 Å². The smallest absolute Gasteiger partial charge is 0.160 e. The van der Waals surface area contributed by atoms with E-state index in [1.165, 1.54) is 22.1 Å². The molecule has 0 spiro atoms. The van der Waals surface area contributed by atoms with Crippen molar-refractivity contribution in [2.75, 3.05) is 6.54 Å². The van der Waals surface area contributed by atoms with Crippen LogP contribution in [0.2, 0.25) is 0 Å². The highest BCUT2D eigenvalue weighted by Gasteiger charge is 2.44. The first-order valence-corrected chi connectivity index (χ1v) is 8.59. The Morgan fingerprint density at radius 3 is 2.86 bits per heavy atom. The van der Waals surface area contributed by atoms with Crippen LogP contribution in [0.3, 0.4) is 0 Å². The van der Waals surface area contributed by atoms with Crippen LogP contribution < -0.4 is 0 Å². The summed E-state index contributed by atoms with van der Waals surface area (Å²) in [4.78, 5) is 15.5. The zero-order valence-electron chi connectivity index (χ0n) is 13.1. The van der Waals surface area contributed by atoms with Gasteiger partial charge in [0, 0.05) is 29.4 Å². The topological polar surface area (TPSA) is 44.3 Å². The first-order chi connectivity index (χ1) is 10.6. The van der Waals surface area contributed by atoms with Crippen molar-refractivity contribution in [3.8, 4) is 0 Å². The summed E-state index contributed by atoms with van der Waals surface area (Å²) < 4.78 is 0. The second kappa shape index (κ2) is 5.16. The van der Waals surface area contributed by atoms with Gasteiger partial charge in [-0.3, -0.25) is 9.98 Å². The molecule has 0 aromatic carbocycles. The number of aromatic nitrogens is 2. The number of pyridine rings is 1. The Kier molecular flexibility index (Phi) is 3.26. The van der Waals surface area contributed by atoms with Crippen LogP contribution in [-0.2, 0) is 0 Å². The minimum atomic E-state index is 0.0881. The quantitative estimate of drug-likeness (QED) is 0.921. The summed E-state index contributed by atoms with van der Waals surface area (Å²) in [5.74, 6) is 0. The third-order valence-electron chi connectivity index (χ3n) is 4.39. The number of thioether (sulfide) groups is 1. The van der Waals surface area contributed by atoms with Gasteiger partial charge in [0.1, 0.15) is 6.04 Å². The maximum absolute atomic E-state index is 5.01. The molecule has 5 heteroatoms. The number of aromatic amines is 1. The number of hydrogen-bond acceptors (Lipinski definition) is 4. The van der Waals surface area contributed by atoms with E-state index in [1.54, 1.807) is 0 Å². The van der Waals surface area contributed by atoms with Crippen LogP contribution in [0, 0.1) is 13.8 Å². The first kappa shape index (κ1) is 13.9. The lowest BCUT2D eigenvalue weighted by Crippen LogP contribution is -2.28. The summed E-state index contributed by atoms with van der Waals surface area (Å²) in [5, 5.41) is 1.78. The highest BCUT2D eigenvalue weighted by atomic mass is 32.2. The molecule has 0 bridgehead atoms. The third kappa shape index (κ3) is 2.15. The highest BCUT2D eigenvalue weighted by molar-refractivity contribution is 8.14. The molecule has 2 aromatic rings. The van der Waals surface area contributed by atoms with Gasteiger partial charge in [0.05, 0.1) is 11.7 Å². The van der Waals surface area contributed by atoms with E-state index < -0.39 is 0 Å². The summed E-state index contributed by atoms with van der Waals surface area (Å²) in [6.45, 7) is 7.60. The molecular formula is C17H20N4S. The Labute approximate surface area is 135 Å². The lowest BCUT2D eigenvalue weighted by molar-refractivity contribution is 0.320. The average molecular weight is 312 g/mol. The van der Waals surface area contributed by atoms with Crippen LogP contribution in [0.25, 0.3) is 0 Å². The van der Waals surface area contributed by atoms with E-state index in [4.69, 9.17) is 4.99 Å². The molecule has 22 heavy (non-hydrogen) atoms. The predicted octanol–water partition coefficient (Wildman–Crippen LogP) is 3.62. The Morgan fingerprint density at radius 1 is 1.32 bits per heavy atom. The van der Waals surface area contributed by atoms with Gasteiger partial charge in [0.25, 0.3) is 0 Å². The van der Waals surface area contributed by atoms with Gasteiger partial charge in [-0.25, -0.2) is 0 Å². The molecule has 0 aliphatic carbocycles. The van der Waals surface area contributed by atoms with E-state index in [9.17, 15) is 0 Å². The van der Waals surface area contributed by atoms with Crippen LogP contribution in [-0.4, -0.2) is 31.8 Å². The zero-order valence-corrected chi connectivity index (χ0v) is 13.9. The molecule has 2 aromatic heterocycles. The first-order valence-electron chi connectivity index (χ1n) is 7.71. The monoisotopic (exact) mass is 312 g/mol. The number of hydrogen-bond donors (Lipinski definition) is 1. The van der Waals surface area contributed by atoms with Crippen molar-refractivity contribution in [3.63, 3.8) is 0 Å².